The fourth-order valence-corrected chi connectivity index (χ4v) is 2.91. The zero-order chi connectivity index (χ0) is 13.4. The Balaban J connectivity index is 1.95. The number of hydrogen-bond donors (Lipinski definition) is 0. The van der Waals surface area contributed by atoms with Gasteiger partial charge in [-0.2, -0.15) is 0 Å². The molecule has 2 aromatic rings. The highest BCUT2D eigenvalue weighted by molar-refractivity contribution is 6.20. The lowest BCUT2D eigenvalue weighted by Crippen LogP contribution is -2.15. The van der Waals surface area contributed by atoms with Crippen molar-refractivity contribution in [3.63, 3.8) is 0 Å². The van der Waals surface area contributed by atoms with Crippen LogP contribution in [0.25, 0.3) is 11.2 Å². The van der Waals surface area contributed by atoms with Crippen LogP contribution in [0.5, 0.6) is 0 Å². The van der Waals surface area contributed by atoms with Crippen LogP contribution >= 0.6 is 11.6 Å². The van der Waals surface area contributed by atoms with E-state index in [2.05, 4.69) is 20.6 Å². The van der Waals surface area contributed by atoms with Crippen LogP contribution in [0, 0.1) is 12.8 Å². The number of rotatable bonds is 4. The van der Waals surface area contributed by atoms with Gasteiger partial charge >= 0.3 is 0 Å². The summed E-state index contributed by atoms with van der Waals surface area (Å²) in [5.74, 6) is 1.84. The van der Waals surface area contributed by atoms with Gasteiger partial charge in [0.15, 0.2) is 5.65 Å². The van der Waals surface area contributed by atoms with E-state index in [9.17, 15) is 0 Å². The molecule has 2 heterocycles. The Morgan fingerprint density at radius 1 is 1.47 bits per heavy atom. The second-order valence-electron chi connectivity index (χ2n) is 5.68. The normalized spacial score (nSPS) is 17.6. The molecule has 2 aromatic heterocycles. The van der Waals surface area contributed by atoms with Gasteiger partial charge in [0.2, 0.25) is 0 Å². The monoisotopic (exact) mass is 277 g/mol. The summed E-state index contributed by atoms with van der Waals surface area (Å²) in [7, 11) is 0. The van der Waals surface area contributed by atoms with Crippen molar-refractivity contribution in [2.24, 2.45) is 5.92 Å². The molecule has 0 amide bonds. The summed E-state index contributed by atoms with van der Waals surface area (Å²) in [5.41, 5.74) is 3.09. The third kappa shape index (κ3) is 2.48. The Hall–Kier alpha value is -1.09. The molecule has 1 atom stereocenters. The lowest BCUT2D eigenvalue weighted by atomic mass is 9.83. The quantitative estimate of drug-likeness (QED) is 0.783. The first-order valence-electron chi connectivity index (χ1n) is 7.12. The number of alkyl halides is 1. The molecule has 0 radical (unpaired) electrons. The number of hydrogen-bond acceptors (Lipinski definition) is 2. The standard InChI is InChI=1S/C15H20ClN3/c1-10-8-13-15(17-9-10)19(14(18-13)11(2)16)7-6-12-4-3-5-12/h8-9,11-12H,3-7H2,1-2H3. The molecule has 1 aliphatic rings. The summed E-state index contributed by atoms with van der Waals surface area (Å²) >= 11 is 6.27. The molecule has 0 N–H and O–H groups in total. The Labute approximate surface area is 119 Å². The molecule has 3 rings (SSSR count). The summed E-state index contributed by atoms with van der Waals surface area (Å²) in [6, 6.07) is 2.09. The summed E-state index contributed by atoms with van der Waals surface area (Å²) in [4.78, 5) is 9.21. The van der Waals surface area contributed by atoms with E-state index in [1.807, 2.05) is 20.0 Å². The Bertz CT molecular complexity index is 584. The maximum atomic E-state index is 6.27. The van der Waals surface area contributed by atoms with Gasteiger partial charge in [0.25, 0.3) is 0 Å². The van der Waals surface area contributed by atoms with Gasteiger partial charge < -0.3 is 4.57 Å². The Kier molecular flexibility index (Phi) is 3.48. The molecule has 0 aromatic carbocycles. The molecule has 3 nitrogen and oxygen atoms in total. The van der Waals surface area contributed by atoms with Crippen LogP contribution < -0.4 is 0 Å². The fraction of sp³-hybridized carbons (Fsp3) is 0.600. The predicted molar refractivity (Wildman–Crippen MR) is 78.5 cm³/mol. The topological polar surface area (TPSA) is 30.7 Å². The van der Waals surface area contributed by atoms with Gasteiger partial charge in [0.05, 0.1) is 5.38 Å². The molecule has 1 fully saturated rings. The molecular weight excluding hydrogens is 258 g/mol. The van der Waals surface area contributed by atoms with Crippen LogP contribution in [0.1, 0.15) is 49.4 Å². The highest BCUT2D eigenvalue weighted by atomic mass is 35.5. The van der Waals surface area contributed by atoms with Gasteiger partial charge in [0, 0.05) is 12.7 Å². The first-order chi connectivity index (χ1) is 9.15. The maximum absolute atomic E-state index is 6.27. The van der Waals surface area contributed by atoms with Crippen molar-refractivity contribution >= 4 is 22.8 Å². The molecule has 0 spiro atoms. The first-order valence-corrected chi connectivity index (χ1v) is 7.55. The molecule has 0 bridgehead atoms. The first kappa shape index (κ1) is 12.9. The highest BCUT2D eigenvalue weighted by Crippen LogP contribution is 2.31. The minimum atomic E-state index is -0.0732. The summed E-state index contributed by atoms with van der Waals surface area (Å²) < 4.78 is 2.21. The number of aromatic nitrogens is 3. The minimum absolute atomic E-state index is 0.0732. The van der Waals surface area contributed by atoms with Gasteiger partial charge in [-0.25, -0.2) is 9.97 Å². The van der Waals surface area contributed by atoms with E-state index in [4.69, 9.17) is 11.6 Å². The van der Waals surface area contributed by atoms with E-state index < -0.39 is 0 Å². The SMILES string of the molecule is Cc1cnc2c(c1)nc(C(C)Cl)n2CCC1CCC1. The second-order valence-corrected chi connectivity index (χ2v) is 6.33. The van der Waals surface area contributed by atoms with Crippen LogP contribution in [0.2, 0.25) is 0 Å². The molecule has 1 unspecified atom stereocenters. The van der Waals surface area contributed by atoms with Crippen molar-refractivity contribution in [1.29, 1.82) is 0 Å². The number of fused-ring (bicyclic) bond motifs is 1. The minimum Gasteiger partial charge on any atom is -0.311 e. The molecule has 102 valence electrons. The van der Waals surface area contributed by atoms with Gasteiger partial charge in [-0.15, -0.1) is 11.6 Å². The number of aryl methyl sites for hydroxylation is 2. The zero-order valence-electron chi connectivity index (χ0n) is 11.6. The lowest BCUT2D eigenvalue weighted by molar-refractivity contribution is 0.282. The molecule has 1 saturated carbocycles. The Morgan fingerprint density at radius 3 is 2.89 bits per heavy atom. The van der Waals surface area contributed by atoms with E-state index in [0.717, 1.165) is 35.0 Å². The van der Waals surface area contributed by atoms with Crippen molar-refractivity contribution in [2.75, 3.05) is 0 Å². The highest BCUT2D eigenvalue weighted by Gasteiger charge is 2.20. The number of halogens is 1. The molecule has 4 heteroatoms. The fourth-order valence-electron chi connectivity index (χ4n) is 2.75. The van der Waals surface area contributed by atoms with Gasteiger partial charge in [-0.3, -0.25) is 0 Å². The Morgan fingerprint density at radius 2 is 2.26 bits per heavy atom. The van der Waals surface area contributed by atoms with Crippen LogP contribution in [0.15, 0.2) is 12.3 Å². The molecule has 0 saturated heterocycles. The largest absolute Gasteiger partial charge is 0.311 e. The summed E-state index contributed by atoms with van der Waals surface area (Å²) in [6.45, 7) is 5.02. The van der Waals surface area contributed by atoms with E-state index in [1.54, 1.807) is 0 Å². The molecule has 19 heavy (non-hydrogen) atoms. The van der Waals surface area contributed by atoms with Crippen LogP contribution in [0.3, 0.4) is 0 Å². The molecule has 1 aliphatic carbocycles. The predicted octanol–water partition coefficient (Wildman–Crippen LogP) is 4.23. The van der Waals surface area contributed by atoms with E-state index in [1.165, 1.54) is 25.7 Å². The van der Waals surface area contributed by atoms with Crippen molar-refractivity contribution in [1.82, 2.24) is 14.5 Å². The van der Waals surface area contributed by atoms with Gasteiger partial charge in [0.1, 0.15) is 11.3 Å². The lowest BCUT2D eigenvalue weighted by Gasteiger charge is -2.25. The molecule has 0 aliphatic heterocycles. The third-order valence-corrected chi connectivity index (χ3v) is 4.29. The second kappa shape index (κ2) is 5.12. The van der Waals surface area contributed by atoms with Gasteiger partial charge in [-0.05, 0) is 37.8 Å². The average Bonchev–Trinajstić information content (AvgIpc) is 2.65. The zero-order valence-corrected chi connectivity index (χ0v) is 12.3. The number of nitrogens with zero attached hydrogens (tertiary/aromatic N) is 3. The van der Waals surface area contributed by atoms with Crippen molar-refractivity contribution < 1.29 is 0 Å². The summed E-state index contributed by atoms with van der Waals surface area (Å²) in [6.07, 6.45) is 7.28. The maximum Gasteiger partial charge on any atom is 0.160 e. The average molecular weight is 278 g/mol. The van der Waals surface area contributed by atoms with Crippen LogP contribution in [-0.4, -0.2) is 14.5 Å². The van der Waals surface area contributed by atoms with E-state index in [0.29, 0.717) is 0 Å². The van der Waals surface area contributed by atoms with Crippen LogP contribution in [-0.2, 0) is 6.54 Å². The van der Waals surface area contributed by atoms with E-state index >= 15 is 0 Å². The van der Waals surface area contributed by atoms with Crippen molar-refractivity contribution in [3.05, 3.63) is 23.7 Å². The number of imidazole rings is 1. The summed E-state index contributed by atoms with van der Waals surface area (Å²) in [5, 5.41) is -0.0732. The third-order valence-electron chi connectivity index (χ3n) is 4.09. The number of pyridine rings is 1. The van der Waals surface area contributed by atoms with Crippen LogP contribution in [0.4, 0.5) is 0 Å². The van der Waals surface area contributed by atoms with Crippen molar-refractivity contribution in [2.45, 2.75) is 51.5 Å². The molecular formula is C15H20ClN3. The van der Waals surface area contributed by atoms with Crippen molar-refractivity contribution in [3.8, 4) is 0 Å². The van der Waals surface area contributed by atoms with E-state index in [-0.39, 0.29) is 5.38 Å². The van der Waals surface area contributed by atoms with Gasteiger partial charge in [-0.1, -0.05) is 19.3 Å². The smallest absolute Gasteiger partial charge is 0.160 e.